The van der Waals surface area contributed by atoms with Gasteiger partial charge in [-0.3, -0.25) is 0 Å². The fourth-order valence-corrected chi connectivity index (χ4v) is 3.89. The Morgan fingerprint density at radius 3 is 1.83 bits per heavy atom. The van der Waals surface area contributed by atoms with Crippen molar-refractivity contribution >= 4 is 20.2 Å². The Morgan fingerprint density at radius 2 is 1.58 bits per heavy atom. The molecule has 1 saturated heterocycles. The van der Waals surface area contributed by atoms with Crippen LogP contribution in [-0.4, -0.2) is 28.2 Å². The highest BCUT2D eigenvalue weighted by molar-refractivity contribution is 8.05. The van der Waals surface area contributed by atoms with Crippen molar-refractivity contribution in [2.75, 3.05) is 6.79 Å². The van der Waals surface area contributed by atoms with Crippen LogP contribution in [0.15, 0.2) is 0 Å². The molecule has 1 aliphatic rings. The Morgan fingerprint density at radius 1 is 1.17 bits per heavy atom. The van der Waals surface area contributed by atoms with Crippen LogP contribution in [0.3, 0.4) is 0 Å². The summed E-state index contributed by atoms with van der Waals surface area (Å²) in [5.41, 5.74) is 0. The van der Waals surface area contributed by atoms with E-state index in [0.29, 0.717) is 0 Å². The van der Waals surface area contributed by atoms with Gasteiger partial charge in [0.05, 0.1) is 0 Å². The van der Waals surface area contributed by atoms with Gasteiger partial charge in [-0.2, -0.15) is 16.8 Å². The molecule has 12 heavy (non-hydrogen) atoms. The van der Waals surface area contributed by atoms with Crippen LogP contribution in [0.25, 0.3) is 0 Å². The van der Waals surface area contributed by atoms with Crippen LogP contribution in [-0.2, 0) is 28.6 Å². The smallest absolute Gasteiger partial charge is 0.239 e. The molecular formula is C4H8O6S2. The van der Waals surface area contributed by atoms with Gasteiger partial charge in [0.15, 0.2) is 6.79 Å². The molecule has 1 heterocycles. The molecule has 0 saturated carbocycles. The molecule has 0 amide bonds. The Bertz CT molecular complexity index is 317. The van der Waals surface area contributed by atoms with Crippen LogP contribution in [0.5, 0.6) is 0 Å². The van der Waals surface area contributed by atoms with Crippen molar-refractivity contribution in [3.05, 3.63) is 0 Å². The lowest BCUT2D eigenvalue weighted by atomic mass is 10.6. The van der Waals surface area contributed by atoms with Crippen molar-refractivity contribution in [2.45, 2.75) is 17.9 Å². The maximum Gasteiger partial charge on any atom is 0.289 e. The Balaban J connectivity index is 3.15. The quantitative estimate of drug-likeness (QED) is 0.543. The highest BCUT2D eigenvalue weighted by atomic mass is 32.3. The molecule has 0 bridgehead atoms. The SMILES string of the molecule is CCC1S(=O)(=O)OCOS1(=O)=O. The summed E-state index contributed by atoms with van der Waals surface area (Å²) in [6, 6.07) is 0. The normalized spacial score (nSPS) is 28.4. The summed E-state index contributed by atoms with van der Waals surface area (Å²) in [4.78, 5) is 0. The molecule has 0 spiro atoms. The van der Waals surface area contributed by atoms with Crippen molar-refractivity contribution < 1.29 is 25.2 Å². The maximum atomic E-state index is 10.9. The minimum Gasteiger partial charge on any atom is -0.239 e. The predicted octanol–water partition coefficient (Wildman–Crippen LogP) is -0.614. The first-order valence-corrected chi connectivity index (χ1v) is 6.11. The molecule has 0 unspecified atom stereocenters. The summed E-state index contributed by atoms with van der Waals surface area (Å²) in [5.74, 6) is 0. The lowest BCUT2D eigenvalue weighted by molar-refractivity contribution is 0.119. The van der Waals surface area contributed by atoms with Crippen LogP contribution < -0.4 is 0 Å². The summed E-state index contributed by atoms with van der Waals surface area (Å²) in [5, 5.41) is 0. The minimum atomic E-state index is -3.99. The molecule has 1 aliphatic heterocycles. The first-order valence-electron chi connectivity index (χ1n) is 3.16. The second-order valence-corrected chi connectivity index (χ2v) is 6.06. The molecule has 0 radical (unpaired) electrons. The monoisotopic (exact) mass is 216 g/mol. The highest BCUT2D eigenvalue weighted by Crippen LogP contribution is 2.21. The van der Waals surface area contributed by atoms with Crippen LogP contribution in [0.4, 0.5) is 0 Å². The second kappa shape index (κ2) is 2.95. The van der Waals surface area contributed by atoms with Gasteiger partial charge in [0, 0.05) is 0 Å². The van der Waals surface area contributed by atoms with Crippen molar-refractivity contribution in [3.8, 4) is 0 Å². The summed E-state index contributed by atoms with van der Waals surface area (Å²) < 4.78 is 50.6. The third-order valence-electron chi connectivity index (χ3n) is 1.40. The van der Waals surface area contributed by atoms with Gasteiger partial charge in [0.2, 0.25) is 4.58 Å². The van der Waals surface area contributed by atoms with Gasteiger partial charge in [-0.25, -0.2) is 8.37 Å². The molecule has 72 valence electrons. The Hall–Kier alpha value is -0.180. The largest absolute Gasteiger partial charge is 0.289 e. The van der Waals surface area contributed by atoms with E-state index < -0.39 is 31.6 Å². The van der Waals surface area contributed by atoms with Gasteiger partial charge in [0.1, 0.15) is 0 Å². The zero-order valence-electron chi connectivity index (χ0n) is 6.26. The molecule has 0 aromatic heterocycles. The standard InChI is InChI=1S/C4H8O6S2/c1-2-4-11(5,6)9-3-10-12(4,7)8/h4H,2-3H2,1H3. The number of hydrogen-bond donors (Lipinski definition) is 0. The van der Waals surface area contributed by atoms with Gasteiger partial charge >= 0.3 is 0 Å². The van der Waals surface area contributed by atoms with E-state index in [1.165, 1.54) is 6.92 Å². The van der Waals surface area contributed by atoms with E-state index in [1.807, 2.05) is 0 Å². The van der Waals surface area contributed by atoms with Gasteiger partial charge < -0.3 is 0 Å². The van der Waals surface area contributed by atoms with Crippen molar-refractivity contribution in [1.82, 2.24) is 0 Å². The zero-order chi connectivity index (χ0) is 9.41. The van der Waals surface area contributed by atoms with E-state index in [0.717, 1.165) is 0 Å². The molecular weight excluding hydrogens is 208 g/mol. The fraction of sp³-hybridized carbons (Fsp3) is 1.00. The van der Waals surface area contributed by atoms with Crippen LogP contribution in [0.1, 0.15) is 13.3 Å². The zero-order valence-corrected chi connectivity index (χ0v) is 7.89. The minimum absolute atomic E-state index is 0.0787. The van der Waals surface area contributed by atoms with E-state index in [-0.39, 0.29) is 6.42 Å². The molecule has 0 atom stereocenters. The topological polar surface area (TPSA) is 86.7 Å². The molecule has 0 aromatic rings. The molecule has 1 fully saturated rings. The fourth-order valence-electron chi connectivity index (χ4n) is 0.858. The highest BCUT2D eigenvalue weighted by Gasteiger charge is 2.42. The Kier molecular flexibility index (Phi) is 2.43. The average Bonchev–Trinajstić information content (AvgIpc) is 1.83. The molecule has 8 heteroatoms. The molecule has 1 rings (SSSR count). The molecule has 0 aromatic carbocycles. The van der Waals surface area contributed by atoms with Crippen molar-refractivity contribution in [2.24, 2.45) is 0 Å². The van der Waals surface area contributed by atoms with Crippen LogP contribution in [0, 0.1) is 0 Å². The van der Waals surface area contributed by atoms with E-state index >= 15 is 0 Å². The first-order chi connectivity index (χ1) is 5.40. The van der Waals surface area contributed by atoms with Gasteiger partial charge in [-0.05, 0) is 6.42 Å². The molecule has 0 N–H and O–H groups in total. The second-order valence-electron chi connectivity index (χ2n) is 2.18. The summed E-state index contributed by atoms with van der Waals surface area (Å²) in [7, 11) is -7.99. The lowest BCUT2D eigenvalue weighted by Gasteiger charge is -2.20. The Labute approximate surface area is 70.7 Å². The molecule has 6 nitrogen and oxygen atoms in total. The van der Waals surface area contributed by atoms with E-state index in [1.54, 1.807) is 0 Å². The van der Waals surface area contributed by atoms with E-state index in [9.17, 15) is 16.8 Å². The van der Waals surface area contributed by atoms with Gasteiger partial charge in [-0.1, -0.05) is 6.92 Å². The van der Waals surface area contributed by atoms with Crippen LogP contribution in [0.2, 0.25) is 0 Å². The predicted molar refractivity (Wildman–Crippen MR) is 39.0 cm³/mol. The third kappa shape index (κ3) is 1.60. The number of rotatable bonds is 1. The van der Waals surface area contributed by atoms with Crippen molar-refractivity contribution in [1.29, 1.82) is 0 Å². The summed E-state index contributed by atoms with van der Waals surface area (Å²) in [6.07, 6.45) is -0.0787. The lowest BCUT2D eigenvalue weighted by Crippen LogP contribution is -2.38. The van der Waals surface area contributed by atoms with Gasteiger partial charge in [-0.15, -0.1) is 0 Å². The summed E-state index contributed by atoms with van der Waals surface area (Å²) in [6.45, 7) is 0.680. The van der Waals surface area contributed by atoms with E-state index in [2.05, 4.69) is 8.37 Å². The first kappa shape index (κ1) is 9.90. The molecule has 0 aliphatic carbocycles. The van der Waals surface area contributed by atoms with Crippen LogP contribution >= 0.6 is 0 Å². The third-order valence-corrected chi connectivity index (χ3v) is 5.62. The summed E-state index contributed by atoms with van der Waals surface area (Å²) >= 11 is 0. The maximum absolute atomic E-state index is 10.9. The average molecular weight is 216 g/mol. The van der Waals surface area contributed by atoms with Crippen molar-refractivity contribution in [3.63, 3.8) is 0 Å². The van der Waals surface area contributed by atoms with Gasteiger partial charge in [0.25, 0.3) is 20.2 Å². The number of hydrogen-bond acceptors (Lipinski definition) is 6. The van der Waals surface area contributed by atoms with E-state index in [4.69, 9.17) is 0 Å².